The van der Waals surface area contributed by atoms with Gasteiger partial charge in [-0.1, -0.05) is 64.1 Å². The third-order valence-electron chi connectivity index (χ3n) is 6.22. The smallest absolute Gasteiger partial charge is 0.231 e. The van der Waals surface area contributed by atoms with Crippen LogP contribution in [0.5, 0.6) is 17.2 Å². The first-order valence-electron chi connectivity index (χ1n) is 10.6. The molecule has 0 unspecified atom stereocenters. The fraction of sp³-hybridized carbons (Fsp3) is 0.333. The van der Waals surface area contributed by atoms with E-state index in [0.717, 1.165) is 28.5 Å². The molecule has 1 aliphatic heterocycles. The fourth-order valence-electron chi connectivity index (χ4n) is 5.51. The van der Waals surface area contributed by atoms with Crippen LogP contribution in [0.25, 0.3) is 27.5 Å². The maximum Gasteiger partial charge on any atom is 0.231 e. The molecular formula is C27H28O3. The summed E-state index contributed by atoms with van der Waals surface area (Å²) >= 11 is 0. The molecule has 0 bridgehead atoms. The van der Waals surface area contributed by atoms with Gasteiger partial charge in [0.2, 0.25) is 6.79 Å². The number of allylic oxidation sites excluding steroid dienone is 2. The largest absolute Gasteiger partial charge is 0.507 e. The zero-order chi connectivity index (χ0) is 21.1. The van der Waals surface area contributed by atoms with E-state index >= 15 is 0 Å². The van der Waals surface area contributed by atoms with Gasteiger partial charge in [-0.2, -0.15) is 0 Å². The van der Waals surface area contributed by atoms with Crippen LogP contribution in [0, 0.1) is 10.8 Å². The Kier molecular flexibility index (Phi) is 4.15. The maximum atomic E-state index is 10.5. The number of hydrogen-bond donors (Lipinski definition) is 1. The molecule has 1 aliphatic carbocycles. The molecule has 3 aromatic carbocycles. The van der Waals surface area contributed by atoms with Crippen LogP contribution in [-0.4, -0.2) is 11.9 Å². The molecule has 1 N–H and O–H groups in total. The molecule has 0 saturated carbocycles. The van der Waals surface area contributed by atoms with Crippen LogP contribution in [0.2, 0.25) is 0 Å². The average molecular weight is 401 g/mol. The zero-order valence-electron chi connectivity index (χ0n) is 18.1. The second-order valence-electron chi connectivity index (χ2n) is 10.1. The second kappa shape index (κ2) is 6.53. The summed E-state index contributed by atoms with van der Waals surface area (Å²) in [4.78, 5) is 0. The molecule has 0 radical (unpaired) electrons. The van der Waals surface area contributed by atoms with Crippen LogP contribution >= 0.6 is 0 Å². The van der Waals surface area contributed by atoms with Gasteiger partial charge in [0.15, 0.2) is 11.5 Å². The molecule has 0 amide bonds. The minimum absolute atomic E-state index is 0.160. The van der Waals surface area contributed by atoms with Gasteiger partial charge in [0.1, 0.15) is 5.75 Å². The molecular weight excluding hydrogens is 372 g/mol. The molecule has 1 heterocycles. The number of aromatic hydroxyl groups is 1. The van der Waals surface area contributed by atoms with E-state index in [1.807, 2.05) is 18.2 Å². The van der Waals surface area contributed by atoms with Crippen molar-refractivity contribution in [2.24, 2.45) is 10.8 Å². The minimum atomic E-state index is 0.160. The fourth-order valence-corrected chi connectivity index (χ4v) is 5.51. The summed E-state index contributed by atoms with van der Waals surface area (Å²) < 4.78 is 11.2. The Labute approximate surface area is 178 Å². The zero-order valence-corrected chi connectivity index (χ0v) is 18.1. The van der Waals surface area contributed by atoms with Crippen LogP contribution in [0.15, 0.2) is 54.6 Å². The van der Waals surface area contributed by atoms with Gasteiger partial charge >= 0.3 is 0 Å². The van der Waals surface area contributed by atoms with Crippen molar-refractivity contribution >= 4 is 16.3 Å². The number of benzene rings is 3. The first-order chi connectivity index (χ1) is 14.2. The molecule has 0 fully saturated rings. The summed E-state index contributed by atoms with van der Waals surface area (Å²) in [5.74, 6) is 1.66. The Morgan fingerprint density at radius 1 is 0.800 bits per heavy atom. The van der Waals surface area contributed by atoms with Crippen LogP contribution in [0.4, 0.5) is 0 Å². The van der Waals surface area contributed by atoms with E-state index in [1.54, 1.807) is 6.07 Å². The minimum Gasteiger partial charge on any atom is -0.507 e. The molecule has 0 spiro atoms. The standard InChI is InChI=1S/C27H28O3/c1-26(2)13-17(14-27(3,4)15-26)18-7-5-6-8-19(18)20-9-10-23(28)22-12-25-24(11-21(20)22)29-16-30-25/h5-13,28H,14-16H2,1-4H3. The van der Waals surface area contributed by atoms with E-state index in [4.69, 9.17) is 9.47 Å². The third-order valence-corrected chi connectivity index (χ3v) is 6.22. The SMILES string of the molecule is CC1(C)C=C(c2ccccc2-c2ccc(O)c3cc4c(cc23)OCO4)CC(C)(C)C1. The molecule has 2 aliphatic rings. The van der Waals surface area contributed by atoms with Gasteiger partial charge in [-0.05, 0) is 69.5 Å². The number of hydrogen-bond acceptors (Lipinski definition) is 3. The summed E-state index contributed by atoms with van der Waals surface area (Å²) in [5, 5.41) is 12.3. The lowest BCUT2D eigenvalue weighted by atomic mass is 9.65. The molecule has 0 aromatic heterocycles. The van der Waals surface area contributed by atoms with Crippen molar-refractivity contribution in [3.63, 3.8) is 0 Å². The van der Waals surface area contributed by atoms with E-state index in [1.165, 1.54) is 23.1 Å². The Hall–Kier alpha value is -2.94. The summed E-state index contributed by atoms with van der Waals surface area (Å²) in [5.41, 5.74) is 5.36. The number of phenolic OH excluding ortho intramolecular Hbond substituents is 1. The van der Waals surface area contributed by atoms with Gasteiger partial charge in [-0.15, -0.1) is 0 Å². The van der Waals surface area contributed by atoms with Gasteiger partial charge in [0.05, 0.1) is 0 Å². The number of ether oxygens (including phenoxy) is 2. The van der Waals surface area contributed by atoms with Crippen molar-refractivity contribution in [2.75, 3.05) is 6.79 Å². The van der Waals surface area contributed by atoms with Crippen molar-refractivity contribution < 1.29 is 14.6 Å². The highest BCUT2D eigenvalue weighted by Gasteiger charge is 2.34. The first kappa shape index (κ1) is 19.0. The van der Waals surface area contributed by atoms with Gasteiger partial charge in [-0.3, -0.25) is 0 Å². The average Bonchev–Trinajstić information content (AvgIpc) is 3.12. The van der Waals surface area contributed by atoms with Gasteiger partial charge in [-0.25, -0.2) is 0 Å². The third kappa shape index (κ3) is 3.23. The normalized spacial score (nSPS) is 19.0. The van der Waals surface area contributed by atoms with E-state index in [9.17, 15) is 5.11 Å². The van der Waals surface area contributed by atoms with E-state index in [0.29, 0.717) is 5.75 Å². The summed E-state index contributed by atoms with van der Waals surface area (Å²) in [6.07, 6.45) is 4.68. The molecule has 3 aromatic rings. The van der Waals surface area contributed by atoms with Gasteiger partial charge in [0, 0.05) is 5.39 Å². The quantitative estimate of drug-likeness (QED) is 0.495. The van der Waals surface area contributed by atoms with Crippen LogP contribution < -0.4 is 9.47 Å². The highest BCUT2D eigenvalue weighted by molar-refractivity contribution is 6.03. The molecule has 3 heteroatoms. The predicted molar refractivity (Wildman–Crippen MR) is 122 cm³/mol. The Bertz CT molecular complexity index is 1180. The van der Waals surface area contributed by atoms with Crippen molar-refractivity contribution in [1.29, 1.82) is 0 Å². The predicted octanol–water partition coefficient (Wildman–Crippen LogP) is 7.17. The number of phenols is 1. The number of rotatable bonds is 2. The van der Waals surface area contributed by atoms with E-state index in [-0.39, 0.29) is 23.4 Å². The molecule has 5 rings (SSSR count). The Morgan fingerprint density at radius 3 is 2.17 bits per heavy atom. The highest BCUT2D eigenvalue weighted by atomic mass is 16.7. The maximum absolute atomic E-state index is 10.5. The lowest BCUT2D eigenvalue weighted by Crippen LogP contribution is -2.26. The molecule has 30 heavy (non-hydrogen) atoms. The summed E-state index contributed by atoms with van der Waals surface area (Å²) in [6, 6.07) is 16.3. The van der Waals surface area contributed by atoms with E-state index in [2.05, 4.69) is 58.0 Å². The number of fused-ring (bicyclic) bond motifs is 2. The Balaban J connectivity index is 1.73. The molecule has 3 nitrogen and oxygen atoms in total. The molecule has 0 saturated heterocycles. The van der Waals surface area contributed by atoms with Crippen molar-refractivity contribution in [2.45, 2.75) is 40.5 Å². The lowest BCUT2D eigenvalue weighted by Gasteiger charge is -2.40. The van der Waals surface area contributed by atoms with Crippen LogP contribution in [0.1, 0.15) is 46.1 Å². The lowest BCUT2D eigenvalue weighted by molar-refractivity contribution is 0.174. The van der Waals surface area contributed by atoms with Crippen LogP contribution in [-0.2, 0) is 0 Å². The first-order valence-corrected chi connectivity index (χ1v) is 10.6. The topological polar surface area (TPSA) is 38.7 Å². The molecule has 154 valence electrons. The van der Waals surface area contributed by atoms with Crippen molar-refractivity contribution in [1.82, 2.24) is 0 Å². The van der Waals surface area contributed by atoms with E-state index < -0.39 is 0 Å². The van der Waals surface area contributed by atoms with Crippen molar-refractivity contribution in [3.8, 4) is 28.4 Å². The van der Waals surface area contributed by atoms with Gasteiger partial charge in [0.25, 0.3) is 0 Å². The van der Waals surface area contributed by atoms with Crippen LogP contribution in [0.3, 0.4) is 0 Å². The molecule has 0 atom stereocenters. The summed E-state index contributed by atoms with van der Waals surface area (Å²) in [7, 11) is 0. The highest BCUT2D eigenvalue weighted by Crippen LogP contribution is 2.50. The summed E-state index contributed by atoms with van der Waals surface area (Å²) in [6.45, 7) is 9.59. The second-order valence-corrected chi connectivity index (χ2v) is 10.1. The van der Waals surface area contributed by atoms with Gasteiger partial charge < -0.3 is 14.6 Å². The van der Waals surface area contributed by atoms with Crippen molar-refractivity contribution in [3.05, 3.63) is 60.2 Å². The Morgan fingerprint density at radius 2 is 1.47 bits per heavy atom. The monoisotopic (exact) mass is 400 g/mol.